The molecule has 0 aliphatic heterocycles. The maximum Gasteiger partial charge on any atom is 0.244 e. The average molecular weight is 262 g/mol. The van der Waals surface area contributed by atoms with Crippen molar-refractivity contribution >= 4 is 5.91 Å². The number of amides is 1. The highest BCUT2D eigenvalue weighted by molar-refractivity contribution is 5.86. The van der Waals surface area contributed by atoms with Crippen LogP contribution in [0.2, 0.25) is 0 Å². The summed E-state index contributed by atoms with van der Waals surface area (Å²) in [5.41, 5.74) is 5.88. The first-order valence-electron chi connectivity index (χ1n) is 6.82. The second-order valence-corrected chi connectivity index (χ2v) is 5.54. The summed E-state index contributed by atoms with van der Waals surface area (Å²) in [6.07, 6.45) is 2.54. The van der Waals surface area contributed by atoms with Crippen molar-refractivity contribution < 1.29 is 9.90 Å². The predicted octanol–water partition coefficient (Wildman–Crippen LogP) is 1.14. The fourth-order valence-electron chi connectivity index (χ4n) is 2.58. The van der Waals surface area contributed by atoms with E-state index in [-0.39, 0.29) is 17.9 Å². The third-order valence-corrected chi connectivity index (χ3v) is 3.99. The number of aliphatic hydroxyl groups excluding tert-OH is 1. The minimum atomic E-state index is -1.04. The molecular formula is C15H22N2O2. The van der Waals surface area contributed by atoms with Crippen LogP contribution in [0.5, 0.6) is 0 Å². The molecule has 0 spiro atoms. The summed E-state index contributed by atoms with van der Waals surface area (Å²) in [5.74, 6) is -0.0340. The van der Waals surface area contributed by atoms with E-state index in [2.05, 4.69) is 5.32 Å². The van der Waals surface area contributed by atoms with E-state index in [1.54, 1.807) is 6.92 Å². The molecule has 1 fully saturated rings. The topological polar surface area (TPSA) is 75.4 Å². The summed E-state index contributed by atoms with van der Waals surface area (Å²) in [5, 5.41) is 12.6. The third-order valence-electron chi connectivity index (χ3n) is 3.99. The Labute approximate surface area is 114 Å². The highest BCUT2D eigenvalue weighted by atomic mass is 16.3. The van der Waals surface area contributed by atoms with Crippen molar-refractivity contribution in [3.8, 4) is 0 Å². The van der Waals surface area contributed by atoms with Crippen LogP contribution >= 0.6 is 0 Å². The number of hydrogen-bond acceptors (Lipinski definition) is 3. The normalized spacial score (nSPS) is 25.8. The van der Waals surface area contributed by atoms with Gasteiger partial charge in [0.05, 0.1) is 6.10 Å². The molecule has 0 bridgehead atoms. The summed E-state index contributed by atoms with van der Waals surface area (Å²) in [7, 11) is 0. The first kappa shape index (κ1) is 14.0. The van der Waals surface area contributed by atoms with E-state index < -0.39 is 5.54 Å². The van der Waals surface area contributed by atoms with Crippen molar-refractivity contribution in [1.82, 2.24) is 5.32 Å². The van der Waals surface area contributed by atoms with Gasteiger partial charge in [0.15, 0.2) is 0 Å². The Bertz CT molecular complexity index is 431. The molecule has 2 rings (SSSR count). The lowest BCUT2D eigenvalue weighted by molar-refractivity contribution is -0.126. The zero-order valence-electron chi connectivity index (χ0n) is 11.3. The molecule has 3 atom stereocenters. The van der Waals surface area contributed by atoms with Gasteiger partial charge in [-0.15, -0.1) is 0 Å². The van der Waals surface area contributed by atoms with Crippen molar-refractivity contribution in [2.45, 2.75) is 37.8 Å². The first-order chi connectivity index (χ1) is 9.01. The number of carbonyl (C=O) groups excluding carboxylic acids is 1. The lowest BCUT2D eigenvalue weighted by atomic mass is 9.92. The van der Waals surface area contributed by atoms with Gasteiger partial charge in [-0.1, -0.05) is 36.8 Å². The Kier molecular flexibility index (Phi) is 4.22. The smallest absolute Gasteiger partial charge is 0.244 e. The van der Waals surface area contributed by atoms with Crippen LogP contribution in [-0.2, 0) is 10.3 Å². The van der Waals surface area contributed by atoms with Crippen LogP contribution in [-0.4, -0.2) is 23.7 Å². The molecule has 1 saturated carbocycles. The quantitative estimate of drug-likeness (QED) is 0.761. The van der Waals surface area contributed by atoms with E-state index in [9.17, 15) is 9.90 Å². The number of benzene rings is 1. The molecular weight excluding hydrogens is 240 g/mol. The fourth-order valence-corrected chi connectivity index (χ4v) is 2.58. The van der Waals surface area contributed by atoms with Crippen LogP contribution < -0.4 is 11.1 Å². The van der Waals surface area contributed by atoms with Gasteiger partial charge in [-0.2, -0.15) is 0 Å². The molecule has 4 heteroatoms. The monoisotopic (exact) mass is 262 g/mol. The zero-order chi connectivity index (χ0) is 13.9. The van der Waals surface area contributed by atoms with Crippen molar-refractivity contribution in [2.75, 3.05) is 6.54 Å². The molecule has 1 aliphatic rings. The Morgan fingerprint density at radius 2 is 2.11 bits per heavy atom. The van der Waals surface area contributed by atoms with Crippen LogP contribution in [0.3, 0.4) is 0 Å². The highest BCUT2D eigenvalue weighted by Gasteiger charge is 2.32. The number of nitrogens with one attached hydrogen (secondary N) is 1. The van der Waals surface area contributed by atoms with Gasteiger partial charge in [0.25, 0.3) is 0 Å². The molecule has 3 unspecified atom stereocenters. The van der Waals surface area contributed by atoms with Gasteiger partial charge in [-0.05, 0) is 25.3 Å². The molecule has 1 aliphatic carbocycles. The van der Waals surface area contributed by atoms with E-state index >= 15 is 0 Å². The second kappa shape index (κ2) is 5.72. The van der Waals surface area contributed by atoms with Crippen molar-refractivity contribution in [1.29, 1.82) is 0 Å². The molecule has 1 amide bonds. The largest absolute Gasteiger partial charge is 0.393 e. The Morgan fingerprint density at radius 3 is 2.68 bits per heavy atom. The summed E-state index contributed by atoms with van der Waals surface area (Å²) >= 11 is 0. The van der Waals surface area contributed by atoms with Crippen LogP contribution in [0, 0.1) is 5.92 Å². The molecule has 0 aromatic heterocycles. The maximum atomic E-state index is 12.2. The number of nitrogens with two attached hydrogens (primary N) is 1. The van der Waals surface area contributed by atoms with Crippen LogP contribution in [0.15, 0.2) is 30.3 Å². The van der Waals surface area contributed by atoms with E-state index in [1.807, 2.05) is 30.3 Å². The first-order valence-corrected chi connectivity index (χ1v) is 6.82. The summed E-state index contributed by atoms with van der Waals surface area (Å²) in [4.78, 5) is 12.2. The third kappa shape index (κ3) is 3.14. The Hall–Kier alpha value is -1.39. The molecule has 4 nitrogen and oxygen atoms in total. The van der Waals surface area contributed by atoms with E-state index in [4.69, 9.17) is 5.73 Å². The van der Waals surface area contributed by atoms with Gasteiger partial charge in [0.1, 0.15) is 5.54 Å². The van der Waals surface area contributed by atoms with Crippen molar-refractivity contribution in [2.24, 2.45) is 11.7 Å². The summed E-state index contributed by atoms with van der Waals surface area (Å²) in [6.45, 7) is 2.21. The molecule has 0 heterocycles. The molecule has 4 N–H and O–H groups in total. The van der Waals surface area contributed by atoms with Gasteiger partial charge < -0.3 is 16.2 Å². The van der Waals surface area contributed by atoms with Crippen molar-refractivity contribution in [3.05, 3.63) is 35.9 Å². The molecule has 19 heavy (non-hydrogen) atoms. The minimum Gasteiger partial charge on any atom is -0.393 e. The molecule has 0 saturated heterocycles. The molecule has 1 aromatic rings. The van der Waals surface area contributed by atoms with Gasteiger partial charge in [-0.3, -0.25) is 4.79 Å². The van der Waals surface area contributed by atoms with Gasteiger partial charge in [-0.25, -0.2) is 0 Å². The van der Waals surface area contributed by atoms with E-state index in [0.717, 1.165) is 24.8 Å². The Balaban J connectivity index is 1.95. The van der Waals surface area contributed by atoms with Crippen molar-refractivity contribution in [3.63, 3.8) is 0 Å². The van der Waals surface area contributed by atoms with Gasteiger partial charge >= 0.3 is 0 Å². The van der Waals surface area contributed by atoms with Crippen LogP contribution in [0.1, 0.15) is 31.7 Å². The van der Waals surface area contributed by atoms with E-state index in [1.165, 1.54) is 0 Å². The fraction of sp³-hybridized carbons (Fsp3) is 0.533. The summed E-state index contributed by atoms with van der Waals surface area (Å²) in [6, 6.07) is 9.34. The molecule has 1 aromatic carbocycles. The summed E-state index contributed by atoms with van der Waals surface area (Å²) < 4.78 is 0. The SMILES string of the molecule is CC(N)(C(=O)NCC1CCCC1O)c1ccccc1. The van der Waals surface area contributed by atoms with Gasteiger partial charge in [0, 0.05) is 12.5 Å². The van der Waals surface area contributed by atoms with E-state index in [0.29, 0.717) is 6.54 Å². The number of aliphatic hydroxyl groups is 1. The van der Waals surface area contributed by atoms with Crippen LogP contribution in [0.4, 0.5) is 0 Å². The lowest BCUT2D eigenvalue weighted by Gasteiger charge is -2.25. The molecule has 0 radical (unpaired) electrons. The maximum absolute atomic E-state index is 12.2. The average Bonchev–Trinajstić information content (AvgIpc) is 2.82. The predicted molar refractivity (Wildman–Crippen MR) is 74.3 cm³/mol. The second-order valence-electron chi connectivity index (χ2n) is 5.54. The van der Waals surface area contributed by atoms with Crippen LogP contribution in [0.25, 0.3) is 0 Å². The molecule has 104 valence electrons. The van der Waals surface area contributed by atoms with Gasteiger partial charge in [0.2, 0.25) is 5.91 Å². The number of carbonyl (C=O) groups is 1. The Morgan fingerprint density at radius 1 is 1.42 bits per heavy atom. The zero-order valence-corrected chi connectivity index (χ0v) is 11.3. The standard InChI is InChI=1S/C15H22N2O2/c1-15(16,12-7-3-2-4-8-12)14(19)17-10-11-6-5-9-13(11)18/h2-4,7-8,11,13,18H,5-6,9-10,16H2,1H3,(H,17,19). The minimum absolute atomic E-state index is 0.163. The highest BCUT2D eigenvalue weighted by Crippen LogP contribution is 2.25. The number of rotatable bonds is 4. The number of hydrogen-bond donors (Lipinski definition) is 3. The lowest BCUT2D eigenvalue weighted by Crippen LogP contribution is -2.50.